The number of nitrogens with one attached hydrogen (secondary N) is 1. The Kier molecular flexibility index (Phi) is 5.59. The number of hydrogen-bond acceptors (Lipinski definition) is 2. The molecule has 0 saturated heterocycles. The molecule has 0 fully saturated rings. The lowest BCUT2D eigenvalue weighted by Crippen LogP contribution is -2.20. The first-order chi connectivity index (χ1) is 9.99. The lowest BCUT2D eigenvalue weighted by molar-refractivity contribution is 0.549. The third-order valence-corrected chi connectivity index (χ3v) is 4.75. The van der Waals surface area contributed by atoms with Crippen molar-refractivity contribution in [3.05, 3.63) is 51.3 Å². The van der Waals surface area contributed by atoms with Crippen LogP contribution < -0.4 is 5.32 Å². The fourth-order valence-electron chi connectivity index (χ4n) is 2.37. The fourth-order valence-corrected chi connectivity index (χ4v) is 2.65. The van der Waals surface area contributed by atoms with E-state index in [1.54, 1.807) is 0 Å². The molecule has 0 aliphatic heterocycles. The van der Waals surface area contributed by atoms with Crippen molar-refractivity contribution in [3.8, 4) is 0 Å². The molecule has 0 amide bonds. The number of benzene rings is 1. The minimum atomic E-state index is 0.670. The summed E-state index contributed by atoms with van der Waals surface area (Å²) < 4.78 is 3.18. The summed E-state index contributed by atoms with van der Waals surface area (Å²) in [6.45, 7) is 11.4. The average molecular weight is 350 g/mol. The molecule has 2 rings (SSSR count). The molecule has 0 spiro atoms. The minimum absolute atomic E-state index is 0.670. The van der Waals surface area contributed by atoms with Crippen LogP contribution in [0.2, 0.25) is 0 Å². The fraction of sp³-hybridized carbons (Fsp3) is 0.471. The van der Waals surface area contributed by atoms with E-state index < -0.39 is 0 Å². The first kappa shape index (κ1) is 16.2. The van der Waals surface area contributed by atoms with E-state index in [4.69, 9.17) is 0 Å². The van der Waals surface area contributed by atoms with Crippen LogP contribution >= 0.6 is 15.9 Å². The molecule has 114 valence electrons. The normalized spacial score (nSPS) is 11.3. The van der Waals surface area contributed by atoms with E-state index in [9.17, 15) is 0 Å². The Morgan fingerprint density at radius 3 is 2.43 bits per heavy atom. The molecule has 0 aliphatic rings. The van der Waals surface area contributed by atoms with Crippen molar-refractivity contribution < 1.29 is 0 Å². The first-order valence-electron chi connectivity index (χ1n) is 7.46. The Balaban J connectivity index is 2.14. The number of halogens is 1. The van der Waals surface area contributed by atoms with Gasteiger partial charge in [0.1, 0.15) is 0 Å². The Morgan fingerprint density at radius 1 is 1.19 bits per heavy atom. The SMILES string of the molecule is Cc1nn(Cc2ccccc2CNCC(C)C)c(C)c1Br. The van der Waals surface area contributed by atoms with Gasteiger partial charge >= 0.3 is 0 Å². The summed E-state index contributed by atoms with van der Waals surface area (Å²) in [7, 11) is 0. The van der Waals surface area contributed by atoms with Gasteiger partial charge in [-0.1, -0.05) is 38.1 Å². The van der Waals surface area contributed by atoms with Crippen molar-refractivity contribution >= 4 is 15.9 Å². The van der Waals surface area contributed by atoms with Crippen molar-refractivity contribution in [3.63, 3.8) is 0 Å². The zero-order chi connectivity index (χ0) is 15.4. The van der Waals surface area contributed by atoms with E-state index in [1.165, 1.54) is 16.8 Å². The van der Waals surface area contributed by atoms with E-state index in [0.717, 1.165) is 29.8 Å². The molecule has 1 aromatic heterocycles. The zero-order valence-electron chi connectivity index (χ0n) is 13.3. The van der Waals surface area contributed by atoms with Crippen LogP contribution in [0.15, 0.2) is 28.7 Å². The Morgan fingerprint density at radius 2 is 1.86 bits per heavy atom. The highest BCUT2D eigenvalue weighted by Crippen LogP contribution is 2.21. The number of rotatable bonds is 6. The molecule has 0 radical (unpaired) electrons. The highest BCUT2D eigenvalue weighted by Gasteiger charge is 2.10. The summed E-state index contributed by atoms with van der Waals surface area (Å²) in [5.74, 6) is 0.670. The molecule has 0 atom stereocenters. The van der Waals surface area contributed by atoms with Crippen LogP contribution in [0.25, 0.3) is 0 Å². The first-order valence-corrected chi connectivity index (χ1v) is 8.25. The van der Waals surface area contributed by atoms with Crippen LogP contribution in [-0.2, 0) is 13.1 Å². The Bertz CT molecular complexity index is 602. The van der Waals surface area contributed by atoms with Crippen LogP contribution in [0.3, 0.4) is 0 Å². The van der Waals surface area contributed by atoms with Gasteiger partial charge in [-0.25, -0.2) is 0 Å². The van der Waals surface area contributed by atoms with Crippen molar-refractivity contribution in [2.75, 3.05) is 6.54 Å². The summed E-state index contributed by atoms with van der Waals surface area (Å²) in [6.07, 6.45) is 0. The van der Waals surface area contributed by atoms with Crippen molar-refractivity contribution in [1.29, 1.82) is 0 Å². The molecule has 3 nitrogen and oxygen atoms in total. The predicted octanol–water partition coefficient (Wildman–Crippen LogP) is 4.06. The summed E-state index contributed by atoms with van der Waals surface area (Å²) in [5.41, 5.74) is 4.90. The van der Waals surface area contributed by atoms with Gasteiger partial charge in [0, 0.05) is 6.54 Å². The summed E-state index contributed by atoms with van der Waals surface area (Å²) in [6, 6.07) is 8.59. The molecular formula is C17H24BrN3. The van der Waals surface area contributed by atoms with Crippen LogP contribution in [0.4, 0.5) is 0 Å². The maximum Gasteiger partial charge on any atom is 0.0738 e. The van der Waals surface area contributed by atoms with Gasteiger partial charge in [0.05, 0.1) is 22.4 Å². The van der Waals surface area contributed by atoms with Gasteiger partial charge in [0.15, 0.2) is 0 Å². The molecular weight excluding hydrogens is 326 g/mol. The summed E-state index contributed by atoms with van der Waals surface area (Å²) in [4.78, 5) is 0. The van der Waals surface area contributed by atoms with Gasteiger partial charge in [-0.05, 0) is 53.4 Å². The van der Waals surface area contributed by atoms with E-state index in [-0.39, 0.29) is 0 Å². The minimum Gasteiger partial charge on any atom is -0.312 e. The van der Waals surface area contributed by atoms with Crippen LogP contribution in [0.1, 0.15) is 36.4 Å². The lowest BCUT2D eigenvalue weighted by atomic mass is 10.1. The average Bonchev–Trinajstić information content (AvgIpc) is 2.68. The van der Waals surface area contributed by atoms with Gasteiger partial charge in [-0.3, -0.25) is 4.68 Å². The molecule has 0 saturated carbocycles. The lowest BCUT2D eigenvalue weighted by Gasteiger charge is -2.13. The molecule has 1 N–H and O–H groups in total. The van der Waals surface area contributed by atoms with Gasteiger partial charge in [-0.15, -0.1) is 0 Å². The quantitative estimate of drug-likeness (QED) is 0.852. The topological polar surface area (TPSA) is 29.9 Å². The number of aromatic nitrogens is 2. The van der Waals surface area contributed by atoms with Crippen LogP contribution in [0.5, 0.6) is 0 Å². The maximum atomic E-state index is 4.60. The number of hydrogen-bond donors (Lipinski definition) is 1. The van der Waals surface area contributed by atoms with Gasteiger partial charge < -0.3 is 5.32 Å². The predicted molar refractivity (Wildman–Crippen MR) is 91.5 cm³/mol. The maximum absolute atomic E-state index is 4.60. The van der Waals surface area contributed by atoms with Gasteiger partial charge in [0.2, 0.25) is 0 Å². The molecule has 1 aromatic carbocycles. The van der Waals surface area contributed by atoms with E-state index in [1.807, 2.05) is 6.92 Å². The molecule has 1 heterocycles. The van der Waals surface area contributed by atoms with Gasteiger partial charge in [-0.2, -0.15) is 5.10 Å². The number of aryl methyl sites for hydroxylation is 1. The Labute approximate surface area is 135 Å². The van der Waals surface area contributed by atoms with Gasteiger partial charge in [0.25, 0.3) is 0 Å². The van der Waals surface area contributed by atoms with Crippen molar-refractivity contribution in [2.24, 2.45) is 5.92 Å². The zero-order valence-corrected chi connectivity index (χ0v) is 14.9. The molecule has 0 aliphatic carbocycles. The third-order valence-electron chi connectivity index (χ3n) is 3.60. The molecule has 21 heavy (non-hydrogen) atoms. The molecule has 4 heteroatoms. The Hall–Kier alpha value is -1.13. The standard InChI is InChI=1S/C17H24BrN3/c1-12(2)9-19-10-15-7-5-6-8-16(15)11-21-14(4)17(18)13(3)20-21/h5-8,12,19H,9-11H2,1-4H3. The summed E-state index contributed by atoms with van der Waals surface area (Å²) in [5, 5.41) is 8.12. The summed E-state index contributed by atoms with van der Waals surface area (Å²) >= 11 is 3.59. The van der Waals surface area contributed by atoms with E-state index in [0.29, 0.717) is 5.92 Å². The van der Waals surface area contributed by atoms with E-state index in [2.05, 4.69) is 76.1 Å². The highest BCUT2D eigenvalue weighted by atomic mass is 79.9. The van der Waals surface area contributed by atoms with Crippen LogP contribution in [0, 0.1) is 19.8 Å². The second-order valence-corrected chi connectivity index (χ2v) is 6.73. The molecule has 2 aromatic rings. The van der Waals surface area contributed by atoms with E-state index >= 15 is 0 Å². The third kappa shape index (κ3) is 4.17. The highest BCUT2D eigenvalue weighted by molar-refractivity contribution is 9.10. The molecule has 0 bridgehead atoms. The smallest absolute Gasteiger partial charge is 0.0738 e. The second kappa shape index (κ2) is 7.23. The molecule has 0 unspecified atom stereocenters. The van der Waals surface area contributed by atoms with Crippen molar-refractivity contribution in [1.82, 2.24) is 15.1 Å². The van der Waals surface area contributed by atoms with Crippen molar-refractivity contribution in [2.45, 2.75) is 40.8 Å². The monoisotopic (exact) mass is 349 g/mol. The number of nitrogens with zero attached hydrogens (tertiary/aromatic N) is 2. The second-order valence-electron chi connectivity index (χ2n) is 5.94. The van der Waals surface area contributed by atoms with Crippen LogP contribution in [-0.4, -0.2) is 16.3 Å². The largest absolute Gasteiger partial charge is 0.312 e.